The quantitative estimate of drug-likeness (QED) is 0.694. The number of carbonyl (C=O) groups excluding carboxylic acids is 2. The second-order valence-corrected chi connectivity index (χ2v) is 5.79. The number of carbonyl (C=O) groups is 2. The molecule has 3 aliphatic rings. The van der Waals surface area contributed by atoms with Crippen molar-refractivity contribution in [3.8, 4) is 0 Å². The Balaban J connectivity index is 1.55. The molecule has 2 saturated heterocycles. The standard InChI is InChI=1S/C12H19N3O2/c1-12(2-3-12)11(17)14-8-4-10(16)15(7-8)9-5-13-6-9/h8-9,13H,2-7H2,1H3,(H,14,17). The van der Waals surface area contributed by atoms with Crippen LogP contribution in [0, 0.1) is 5.41 Å². The number of amides is 2. The molecule has 5 nitrogen and oxygen atoms in total. The monoisotopic (exact) mass is 237 g/mol. The van der Waals surface area contributed by atoms with Gasteiger partial charge in [-0.3, -0.25) is 9.59 Å². The van der Waals surface area contributed by atoms with Gasteiger partial charge in [0.25, 0.3) is 0 Å². The molecule has 0 aromatic carbocycles. The van der Waals surface area contributed by atoms with Crippen molar-refractivity contribution in [1.82, 2.24) is 15.5 Å². The first kappa shape index (κ1) is 11.0. The molecular weight excluding hydrogens is 218 g/mol. The Bertz CT molecular complexity index is 361. The number of nitrogens with one attached hydrogen (secondary N) is 2. The van der Waals surface area contributed by atoms with Gasteiger partial charge in [-0.2, -0.15) is 0 Å². The molecule has 94 valence electrons. The van der Waals surface area contributed by atoms with Crippen molar-refractivity contribution in [2.75, 3.05) is 19.6 Å². The summed E-state index contributed by atoms with van der Waals surface area (Å²) in [6, 6.07) is 0.369. The maximum atomic E-state index is 11.9. The highest BCUT2D eigenvalue weighted by atomic mass is 16.2. The Labute approximate surface area is 101 Å². The molecule has 0 bridgehead atoms. The third-order valence-corrected chi connectivity index (χ3v) is 4.24. The van der Waals surface area contributed by atoms with Crippen LogP contribution in [0.5, 0.6) is 0 Å². The van der Waals surface area contributed by atoms with Gasteiger partial charge in [0.1, 0.15) is 0 Å². The van der Waals surface area contributed by atoms with Gasteiger partial charge in [0.2, 0.25) is 11.8 Å². The van der Waals surface area contributed by atoms with Crippen molar-refractivity contribution >= 4 is 11.8 Å². The van der Waals surface area contributed by atoms with Crippen LogP contribution in [0.2, 0.25) is 0 Å². The van der Waals surface area contributed by atoms with Crippen LogP contribution in [0.25, 0.3) is 0 Å². The summed E-state index contributed by atoms with van der Waals surface area (Å²) in [5, 5.41) is 6.19. The van der Waals surface area contributed by atoms with E-state index in [1.54, 1.807) is 0 Å². The van der Waals surface area contributed by atoms with Crippen molar-refractivity contribution in [3.63, 3.8) is 0 Å². The van der Waals surface area contributed by atoms with E-state index in [1.807, 2.05) is 11.8 Å². The number of nitrogens with zero attached hydrogens (tertiary/aromatic N) is 1. The lowest BCUT2D eigenvalue weighted by Crippen LogP contribution is -2.58. The summed E-state index contributed by atoms with van der Waals surface area (Å²) < 4.78 is 0. The van der Waals surface area contributed by atoms with Crippen molar-refractivity contribution in [1.29, 1.82) is 0 Å². The molecule has 3 rings (SSSR count). The summed E-state index contributed by atoms with van der Waals surface area (Å²) in [5.41, 5.74) is -0.144. The Morgan fingerprint density at radius 3 is 2.71 bits per heavy atom. The van der Waals surface area contributed by atoms with E-state index in [1.165, 1.54) is 0 Å². The number of likely N-dealkylation sites (tertiary alicyclic amines) is 1. The second kappa shape index (κ2) is 3.70. The molecule has 17 heavy (non-hydrogen) atoms. The summed E-state index contributed by atoms with van der Waals surface area (Å²) in [4.78, 5) is 25.6. The lowest BCUT2D eigenvalue weighted by molar-refractivity contribution is -0.130. The molecule has 0 spiro atoms. The number of hydrogen-bond acceptors (Lipinski definition) is 3. The average Bonchev–Trinajstić information content (AvgIpc) is 2.85. The van der Waals surface area contributed by atoms with Gasteiger partial charge in [-0.05, 0) is 12.8 Å². The van der Waals surface area contributed by atoms with Crippen LogP contribution in [0.3, 0.4) is 0 Å². The van der Waals surface area contributed by atoms with E-state index < -0.39 is 0 Å². The van der Waals surface area contributed by atoms with Gasteiger partial charge < -0.3 is 15.5 Å². The van der Waals surface area contributed by atoms with E-state index in [0.29, 0.717) is 19.0 Å². The Kier molecular flexibility index (Phi) is 2.40. The fraction of sp³-hybridized carbons (Fsp3) is 0.833. The minimum Gasteiger partial charge on any atom is -0.351 e. The third kappa shape index (κ3) is 1.92. The van der Waals surface area contributed by atoms with E-state index >= 15 is 0 Å². The van der Waals surface area contributed by atoms with Crippen LogP contribution in [0.4, 0.5) is 0 Å². The topological polar surface area (TPSA) is 61.4 Å². The first-order chi connectivity index (χ1) is 8.08. The van der Waals surface area contributed by atoms with Gasteiger partial charge in [0.05, 0.1) is 12.1 Å². The number of hydrogen-bond donors (Lipinski definition) is 2. The van der Waals surface area contributed by atoms with Crippen LogP contribution in [-0.2, 0) is 9.59 Å². The first-order valence-corrected chi connectivity index (χ1v) is 6.40. The van der Waals surface area contributed by atoms with E-state index in [9.17, 15) is 9.59 Å². The zero-order valence-electron chi connectivity index (χ0n) is 10.2. The van der Waals surface area contributed by atoms with Gasteiger partial charge in [0, 0.05) is 31.5 Å². The summed E-state index contributed by atoms with van der Waals surface area (Å²) >= 11 is 0. The van der Waals surface area contributed by atoms with Crippen molar-refractivity contribution in [2.45, 2.75) is 38.3 Å². The SMILES string of the molecule is CC1(C(=O)NC2CC(=O)N(C3CNC3)C2)CC1. The third-order valence-electron chi connectivity index (χ3n) is 4.24. The van der Waals surface area contributed by atoms with Crippen LogP contribution >= 0.6 is 0 Å². The minimum atomic E-state index is -0.144. The molecule has 0 radical (unpaired) electrons. The number of rotatable bonds is 3. The molecular formula is C12H19N3O2. The zero-order chi connectivity index (χ0) is 12.0. The van der Waals surface area contributed by atoms with Gasteiger partial charge in [-0.15, -0.1) is 0 Å². The molecule has 0 aromatic heterocycles. The smallest absolute Gasteiger partial charge is 0.226 e. The predicted octanol–water partition coefficient (Wildman–Crippen LogP) is -0.525. The van der Waals surface area contributed by atoms with E-state index in [0.717, 1.165) is 25.9 Å². The lowest BCUT2D eigenvalue weighted by atomic mass is 10.1. The molecule has 1 saturated carbocycles. The van der Waals surface area contributed by atoms with Crippen molar-refractivity contribution < 1.29 is 9.59 Å². The molecule has 2 heterocycles. The molecule has 2 amide bonds. The Morgan fingerprint density at radius 2 is 2.18 bits per heavy atom. The molecule has 1 unspecified atom stereocenters. The first-order valence-electron chi connectivity index (χ1n) is 6.40. The van der Waals surface area contributed by atoms with Crippen LogP contribution in [0.15, 0.2) is 0 Å². The van der Waals surface area contributed by atoms with Crippen molar-refractivity contribution in [3.05, 3.63) is 0 Å². The van der Waals surface area contributed by atoms with Crippen LogP contribution < -0.4 is 10.6 Å². The highest BCUT2D eigenvalue weighted by molar-refractivity contribution is 5.87. The summed E-state index contributed by atoms with van der Waals surface area (Å²) in [5.74, 6) is 0.312. The molecule has 1 aliphatic carbocycles. The van der Waals surface area contributed by atoms with Crippen LogP contribution in [-0.4, -0.2) is 48.4 Å². The van der Waals surface area contributed by atoms with Crippen LogP contribution in [0.1, 0.15) is 26.2 Å². The van der Waals surface area contributed by atoms with E-state index in [2.05, 4.69) is 10.6 Å². The second-order valence-electron chi connectivity index (χ2n) is 5.79. The summed E-state index contributed by atoms with van der Waals surface area (Å²) in [7, 11) is 0. The zero-order valence-corrected chi connectivity index (χ0v) is 10.2. The molecule has 5 heteroatoms. The molecule has 2 aliphatic heterocycles. The Morgan fingerprint density at radius 1 is 1.47 bits per heavy atom. The van der Waals surface area contributed by atoms with Crippen molar-refractivity contribution in [2.24, 2.45) is 5.41 Å². The fourth-order valence-corrected chi connectivity index (χ4v) is 2.45. The van der Waals surface area contributed by atoms with Gasteiger partial charge in [-0.1, -0.05) is 6.92 Å². The average molecular weight is 237 g/mol. The lowest BCUT2D eigenvalue weighted by Gasteiger charge is -2.35. The van der Waals surface area contributed by atoms with Gasteiger partial charge in [0.15, 0.2) is 0 Å². The highest BCUT2D eigenvalue weighted by Crippen LogP contribution is 2.45. The molecule has 3 fully saturated rings. The largest absolute Gasteiger partial charge is 0.351 e. The Hall–Kier alpha value is -1.10. The van der Waals surface area contributed by atoms with E-state index in [-0.39, 0.29) is 23.3 Å². The minimum absolute atomic E-state index is 0.0213. The molecule has 2 N–H and O–H groups in total. The highest BCUT2D eigenvalue weighted by Gasteiger charge is 2.46. The van der Waals surface area contributed by atoms with Gasteiger partial charge in [-0.25, -0.2) is 0 Å². The van der Waals surface area contributed by atoms with Gasteiger partial charge >= 0.3 is 0 Å². The molecule has 1 atom stereocenters. The normalized spacial score (nSPS) is 31.2. The summed E-state index contributed by atoms with van der Waals surface area (Å²) in [6.45, 7) is 4.47. The fourth-order valence-electron chi connectivity index (χ4n) is 2.45. The maximum Gasteiger partial charge on any atom is 0.226 e. The maximum absolute atomic E-state index is 11.9. The predicted molar refractivity (Wildman–Crippen MR) is 62.3 cm³/mol. The molecule has 0 aromatic rings. The van der Waals surface area contributed by atoms with E-state index in [4.69, 9.17) is 0 Å². The summed E-state index contributed by atoms with van der Waals surface area (Å²) in [6.07, 6.45) is 2.43.